The zero-order chi connectivity index (χ0) is 13.8. The summed E-state index contributed by atoms with van der Waals surface area (Å²) >= 11 is 0. The van der Waals surface area contributed by atoms with Crippen LogP contribution >= 0.6 is 0 Å². The van der Waals surface area contributed by atoms with Crippen LogP contribution in [-0.4, -0.2) is 49.2 Å². The molecule has 114 valence electrons. The molecule has 0 spiro atoms. The van der Waals surface area contributed by atoms with Crippen molar-refractivity contribution in [2.24, 2.45) is 5.92 Å². The van der Waals surface area contributed by atoms with Crippen molar-refractivity contribution in [3.8, 4) is 0 Å². The molecule has 0 aromatic heterocycles. The van der Waals surface area contributed by atoms with Gasteiger partial charge in [0.15, 0.2) is 0 Å². The molecule has 2 saturated heterocycles. The molecule has 3 aliphatic rings. The third-order valence-electron chi connectivity index (χ3n) is 5.26. The van der Waals surface area contributed by atoms with Gasteiger partial charge in [-0.3, -0.25) is 9.69 Å². The Hall–Kier alpha value is -0.610. The number of carbonyl (C=O) groups excluding carboxylic acids is 1. The molecule has 4 nitrogen and oxygen atoms in total. The Balaban J connectivity index is 1.44. The van der Waals surface area contributed by atoms with Crippen LogP contribution in [0.3, 0.4) is 0 Å². The van der Waals surface area contributed by atoms with Crippen LogP contribution in [0.25, 0.3) is 0 Å². The number of hydrogen-bond donors (Lipinski definition) is 1. The summed E-state index contributed by atoms with van der Waals surface area (Å²) < 4.78 is 5.55. The second-order valence-corrected chi connectivity index (χ2v) is 6.66. The Morgan fingerprint density at radius 1 is 1.10 bits per heavy atom. The van der Waals surface area contributed by atoms with Gasteiger partial charge in [-0.05, 0) is 51.0 Å². The standard InChI is InChI=1S/C16H28N2O2/c19-16(17-11-14-7-4-10-20-14)12-18-9-3-6-13-5-1-2-8-15(13)18/h13-15H,1-12H2,(H,17,19). The van der Waals surface area contributed by atoms with Gasteiger partial charge in [0, 0.05) is 19.2 Å². The number of fused-ring (bicyclic) bond motifs is 1. The van der Waals surface area contributed by atoms with E-state index in [9.17, 15) is 4.79 Å². The van der Waals surface area contributed by atoms with Gasteiger partial charge in [0.05, 0.1) is 12.6 Å². The smallest absolute Gasteiger partial charge is 0.234 e. The van der Waals surface area contributed by atoms with Gasteiger partial charge in [-0.2, -0.15) is 0 Å². The topological polar surface area (TPSA) is 41.6 Å². The molecule has 4 heteroatoms. The summed E-state index contributed by atoms with van der Waals surface area (Å²) in [6.07, 6.45) is 10.5. The molecule has 20 heavy (non-hydrogen) atoms. The third-order valence-corrected chi connectivity index (χ3v) is 5.26. The van der Waals surface area contributed by atoms with Crippen LogP contribution in [0.2, 0.25) is 0 Å². The first-order chi connectivity index (χ1) is 9.83. The van der Waals surface area contributed by atoms with Gasteiger partial charge in [-0.1, -0.05) is 12.8 Å². The highest BCUT2D eigenvalue weighted by molar-refractivity contribution is 5.78. The minimum atomic E-state index is 0.187. The lowest BCUT2D eigenvalue weighted by atomic mass is 9.78. The molecule has 3 atom stereocenters. The first-order valence-electron chi connectivity index (χ1n) is 8.45. The molecule has 1 amide bonds. The first-order valence-corrected chi connectivity index (χ1v) is 8.45. The second kappa shape index (κ2) is 6.90. The highest BCUT2D eigenvalue weighted by Crippen LogP contribution is 2.34. The van der Waals surface area contributed by atoms with E-state index in [0.717, 1.165) is 31.9 Å². The third kappa shape index (κ3) is 3.53. The van der Waals surface area contributed by atoms with Crippen molar-refractivity contribution in [3.63, 3.8) is 0 Å². The average Bonchev–Trinajstić information content (AvgIpc) is 2.99. The molecular formula is C16H28N2O2. The number of nitrogens with zero attached hydrogens (tertiary/aromatic N) is 1. The largest absolute Gasteiger partial charge is 0.376 e. The van der Waals surface area contributed by atoms with Crippen molar-refractivity contribution >= 4 is 5.91 Å². The van der Waals surface area contributed by atoms with Crippen LogP contribution in [-0.2, 0) is 9.53 Å². The van der Waals surface area contributed by atoms with Gasteiger partial charge >= 0.3 is 0 Å². The van der Waals surface area contributed by atoms with Gasteiger partial charge in [0.1, 0.15) is 0 Å². The lowest BCUT2D eigenvalue weighted by Crippen LogP contribution is -2.50. The van der Waals surface area contributed by atoms with Crippen molar-refractivity contribution in [2.45, 2.75) is 63.5 Å². The van der Waals surface area contributed by atoms with E-state index in [4.69, 9.17) is 4.74 Å². The molecule has 0 bridgehead atoms. The molecule has 1 aliphatic carbocycles. The quantitative estimate of drug-likeness (QED) is 0.855. The van der Waals surface area contributed by atoms with Gasteiger partial charge in [0.25, 0.3) is 0 Å². The highest BCUT2D eigenvalue weighted by Gasteiger charge is 2.33. The number of carbonyl (C=O) groups is 1. The zero-order valence-electron chi connectivity index (χ0n) is 12.5. The van der Waals surface area contributed by atoms with Crippen molar-refractivity contribution in [2.75, 3.05) is 26.2 Å². The molecule has 0 aromatic carbocycles. The van der Waals surface area contributed by atoms with Crippen molar-refractivity contribution in [1.82, 2.24) is 10.2 Å². The van der Waals surface area contributed by atoms with Gasteiger partial charge < -0.3 is 10.1 Å². The molecule has 2 heterocycles. The minimum Gasteiger partial charge on any atom is -0.376 e. The van der Waals surface area contributed by atoms with Crippen molar-refractivity contribution < 1.29 is 9.53 Å². The molecule has 1 N–H and O–H groups in total. The van der Waals surface area contributed by atoms with E-state index in [2.05, 4.69) is 10.2 Å². The van der Waals surface area contributed by atoms with Gasteiger partial charge in [0.2, 0.25) is 5.91 Å². The molecular weight excluding hydrogens is 252 g/mol. The maximum absolute atomic E-state index is 12.1. The Labute approximate surface area is 122 Å². The summed E-state index contributed by atoms with van der Waals surface area (Å²) in [5, 5.41) is 3.06. The summed E-state index contributed by atoms with van der Waals surface area (Å²) in [5.41, 5.74) is 0. The van der Waals surface area contributed by atoms with E-state index in [-0.39, 0.29) is 12.0 Å². The summed E-state index contributed by atoms with van der Waals surface area (Å²) in [4.78, 5) is 14.6. The van der Waals surface area contributed by atoms with E-state index in [1.165, 1.54) is 38.5 Å². The predicted octanol–water partition coefficient (Wildman–Crippen LogP) is 1.94. The lowest BCUT2D eigenvalue weighted by molar-refractivity contribution is -0.124. The molecule has 3 unspecified atom stereocenters. The zero-order valence-corrected chi connectivity index (χ0v) is 12.5. The molecule has 0 radical (unpaired) electrons. The number of ether oxygens (including phenoxy) is 1. The normalized spacial score (nSPS) is 34.7. The molecule has 0 aromatic rings. The summed E-state index contributed by atoms with van der Waals surface area (Å²) in [6.45, 7) is 3.25. The van der Waals surface area contributed by atoms with E-state index in [1.54, 1.807) is 0 Å². The Kier molecular flexibility index (Phi) is 4.94. The predicted molar refractivity (Wildman–Crippen MR) is 78.5 cm³/mol. The van der Waals surface area contributed by atoms with Crippen LogP contribution in [0.5, 0.6) is 0 Å². The van der Waals surface area contributed by atoms with E-state index in [0.29, 0.717) is 19.1 Å². The first kappa shape index (κ1) is 14.3. The Morgan fingerprint density at radius 3 is 2.80 bits per heavy atom. The number of hydrogen-bond acceptors (Lipinski definition) is 3. The number of nitrogens with one attached hydrogen (secondary N) is 1. The molecule has 3 rings (SSSR count). The fraction of sp³-hybridized carbons (Fsp3) is 0.938. The van der Waals surface area contributed by atoms with E-state index >= 15 is 0 Å². The number of piperidine rings is 1. The minimum absolute atomic E-state index is 0.187. The summed E-state index contributed by atoms with van der Waals surface area (Å²) in [5.74, 6) is 1.04. The van der Waals surface area contributed by atoms with Crippen LogP contribution in [0.15, 0.2) is 0 Å². The van der Waals surface area contributed by atoms with Crippen molar-refractivity contribution in [1.29, 1.82) is 0 Å². The van der Waals surface area contributed by atoms with Crippen LogP contribution in [0.1, 0.15) is 51.4 Å². The van der Waals surface area contributed by atoms with Gasteiger partial charge in [-0.15, -0.1) is 0 Å². The lowest BCUT2D eigenvalue weighted by Gasteiger charge is -2.43. The molecule has 2 aliphatic heterocycles. The molecule has 1 saturated carbocycles. The summed E-state index contributed by atoms with van der Waals surface area (Å²) in [6, 6.07) is 0.672. The molecule has 3 fully saturated rings. The fourth-order valence-electron chi connectivity index (χ4n) is 4.20. The van der Waals surface area contributed by atoms with Gasteiger partial charge in [-0.25, -0.2) is 0 Å². The Bertz CT molecular complexity index is 326. The van der Waals surface area contributed by atoms with Crippen molar-refractivity contribution in [3.05, 3.63) is 0 Å². The average molecular weight is 280 g/mol. The maximum atomic E-state index is 12.1. The fourth-order valence-corrected chi connectivity index (χ4v) is 4.20. The monoisotopic (exact) mass is 280 g/mol. The van der Waals surface area contributed by atoms with Crippen LogP contribution in [0.4, 0.5) is 0 Å². The summed E-state index contributed by atoms with van der Waals surface area (Å²) in [7, 11) is 0. The van der Waals surface area contributed by atoms with E-state index < -0.39 is 0 Å². The SMILES string of the molecule is O=C(CN1CCCC2CCCCC21)NCC1CCCO1. The number of likely N-dealkylation sites (tertiary alicyclic amines) is 1. The Morgan fingerprint density at radius 2 is 1.95 bits per heavy atom. The second-order valence-electron chi connectivity index (χ2n) is 6.66. The van der Waals surface area contributed by atoms with Crippen LogP contribution < -0.4 is 5.32 Å². The highest BCUT2D eigenvalue weighted by atomic mass is 16.5. The number of rotatable bonds is 4. The maximum Gasteiger partial charge on any atom is 0.234 e. The number of amides is 1. The van der Waals surface area contributed by atoms with Crippen LogP contribution in [0, 0.1) is 5.92 Å². The van der Waals surface area contributed by atoms with E-state index in [1.807, 2.05) is 0 Å².